The molecular weight excluding hydrogens is 635 g/mol. The van der Waals surface area contributed by atoms with Gasteiger partial charge in [-0.3, -0.25) is 4.57 Å². The van der Waals surface area contributed by atoms with Gasteiger partial charge in [-0.05, 0) is 68.1 Å². The van der Waals surface area contributed by atoms with Crippen molar-refractivity contribution in [3.63, 3.8) is 0 Å². The summed E-state index contributed by atoms with van der Waals surface area (Å²) in [6.07, 6.45) is 0. The first-order valence-electron chi connectivity index (χ1n) is 17.6. The quantitative estimate of drug-likeness (QED) is 0.188. The summed E-state index contributed by atoms with van der Waals surface area (Å²) in [5, 5.41) is 8.17. The minimum Gasteiger partial charge on any atom is -0.452 e. The van der Waals surface area contributed by atoms with Gasteiger partial charge in [-0.2, -0.15) is 0 Å². The molecule has 11 rings (SSSR count). The standard InChI is InChI=1S/C48H29N3O/c1-4-14-30(15-5-1)37-28-39-42(29-38(37)31-16-6-2-7-17-31)52-47-45(34-20-8-3-9-21-34)49-48(50-46(39)47)51-40-26-24-32-18-10-12-22-35(32)43(40)44-36-23-13-11-19-33(36)25-27-41(44)51/h1-29H. The van der Waals surface area contributed by atoms with Gasteiger partial charge >= 0.3 is 0 Å². The fourth-order valence-electron chi connectivity index (χ4n) is 8.05. The van der Waals surface area contributed by atoms with Crippen LogP contribution < -0.4 is 0 Å². The topological polar surface area (TPSA) is 43.9 Å². The molecule has 0 aliphatic rings. The fraction of sp³-hybridized carbons (Fsp3) is 0. The van der Waals surface area contributed by atoms with E-state index in [0.29, 0.717) is 11.5 Å². The van der Waals surface area contributed by atoms with Gasteiger partial charge in [-0.1, -0.05) is 152 Å². The predicted molar refractivity (Wildman–Crippen MR) is 215 cm³/mol. The summed E-state index contributed by atoms with van der Waals surface area (Å²) in [6.45, 7) is 0. The molecule has 0 N–H and O–H groups in total. The van der Waals surface area contributed by atoms with E-state index >= 15 is 0 Å². The van der Waals surface area contributed by atoms with E-state index in [4.69, 9.17) is 14.4 Å². The zero-order chi connectivity index (χ0) is 34.2. The third-order valence-electron chi connectivity index (χ3n) is 10.4. The molecule has 0 unspecified atom stereocenters. The first-order valence-corrected chi connectivity index (χ1v) is 17.6. The maximum absolute atomic E-state index is 6.82. The van der Waals surface area contributed by atoms with E-state index in [1.54, 1.807) is 0 Å². The fourth-order valence-corrected chi connectivity index (χ4v) is 8.05. The smallest absolute Gasteiger partial charge is 0.236 e. The number of aromatic nitrogens is 3. The van der Waals surface area contributed by atoms with Crippen molar-refractivity contribution in [2.75, 3.05) is 0 Å². The monoisotopic (exact) mass is 663 g/mol. The minimum absolute atomic E-state index is 0.605. The molecule has 52 heavy (non-hydrogen) atoms. The number of furan rings is 1. The lowest BCUT2D eigenvalue weighted by Crippen LogP contribution is -2.03. The molecule has 0 spiro atoms. The van der Waals surface area contributed by atoms with Gasteiger partial charge in [-0.25, -0.2) is 9.97 Å². The van der Waals surface area contributed by atoms with Gasteiger partial charge in [0.1, 0.15) is 16.8 Å². The van der Waals surface area contributed by atoms with Gasteiger partial charge in [-0.15, -0.1) is 0 Å². The first-order chi connectivity index (χ1) is 25.8. The molecule has 4 nitrogen and oxygen atoms in total. The lowest BCUT2D eigenvalue weighted by molar-refractivity contribution is 0.667. The van der Waals surface area contributed by atoms with Gasteiger partial charge in [0, 0.05) is 21.7 Å². The van der Waals surface area contributed by atoms with E-state index in [-0.39, 0.29) is 0 Å². The predicted octanol–water partition coefficient (Wildman–Crippen LogP) is 12.8. The molecule has 0 atom stereocenters. The van der Waals surface area contributed by atoms with Crippen LogP contribution in [0.4, 0.5) is 0 Å². The Morgan fingerprint density at radius 2 is 0.923 bits per heavy atom. The zero-order valence-electron chi connectivity index (χ0n) is 28.0. The van der Waals surface area contributed by atoms with Gasteiger partial charge < -0.3 is 4.42 Å². The highest BCUT2D eigenvalue weighted by molar-refractivity contribution is 6.28. The SMILES string of the molecule is c1ccc(-c2cc3oc4c(-c5ccccc5)nc(-n5c6ccc7ccccc7c6c6c7ccccc7ccc65)nc4c3cc2-c2ccccc2)cc1. The number of benzene rings is 8. The average molecular weight is 664 g/mol. The molecule has 242 valence electrons. The molecule has 0 radical (unpaired) electrons. The third kappa shape index (κ3) is 4.28. The molecule has 3 aromatic heterocycles. The van der Waals surface area contributed by atoms with Crippen molar-refractivity contribution in [1.29, 1.82) is 0 Å². The summed E-state index contributed by atoms with van der Waals surface area (Å²) in [5.41, 5.74) is 10.6. The van der Waals surface area contributed by atoms with Crippen molar-refractivity contribution in [2.24, 2.45) is 0 Å². The van der Waals surface area contributed by atoms with Crippen LogP contribution in [0, 0.1) is 0 Å². The van der Waals surface area contributed by atoms with Crippen LogP contribution in [-0.4, -0.2) is 14.5 Å². The van der Waals surface area contributed by atoms with Crippen molar-refractivity contribution in [1.82, 2.24) is 14.5 Å². The van der Waals surface area contributed by atoms with Gasteiger partial charge in [0.05, 0.1) is 11.0 Å². The average Bonchev–Trinajstić information content (AvgIpc) is 3.76. The maximum Gasteiger partial charge on any atom is 0.236 e. The Labute approximate surface area is 298 Å². The van der Waals surface area contributed by atoms with E-state index in [1.165, 1.54) is 32.3 Å². The van der Waals surface area contributed by atoms with Crippen molar-refractivity contribution < 1.29 is 4.42 Å². The Morgan fingerprint density at radius 3 is 1.50 bits per heavy atom. The summed E-state index contributed by atoms with van der Waals surface area (Å²) in [7, 11) is 0. The second kappa shape index (κ2) is 11.2. The molecule has 0 fully saturated rings. The van der Waals surface area contributed by atoms with Crippen LogP contribution in [0.2, 0.25) is 0 Å². The highest BCUT2D eigenvalue weighted by atomic mass is 16.3. The number of hydrogen-bond donors (Lipinski definition) is 0. The van der Waals surface area contributed by atoms with Crippen molar-refractivity contribution in [2.45, 2.75) is 0 Å². The summed E-state index contributed by atoms with van der Waals surface area (Å²) in [6, 6.07) is 61.9. The number of hydrogen-bond acceptors (Lipinski definition) is 3. The van der Waals surface area contributed by atoms with Crippen LogP contribution in [0.3, 0.4) is 0 Å². The van der Waals surface area contributed by atoms with Crippen LogP contribution >= 0.6 is 0 Å². The number of nitrogens with zero attached hydrogens (tertiary/aromatic N) is 3. The minimum atomic E-state index is 0.605. The second-order valence-corrected chi connectivity index (χ2v) is 13.3. The van der Waals surface area contributed by atoms with Gasteiger partial charge in [0.15, 0.2) is 5.58 Å². The van der Waals surface area contributed by atoms with Crippen molar-refractivity contribution in [3.8, 4) is 39.5 Å². The normalized spacial score (nSPS) is 11.8. The molecule has 0 aliphatic carbocycles. The lowest BCUT2D eigenvalue weighted by atomic mass is 9.93. The molecule has 0 amide bonds. The van der Waals surface area contributed by atoms with Crippen LogP contribution in [0.15, 0.2) is 180 Å². The van der Waals surface area contributed by atoms with E-state index in [0.717, 1.165) is 61.0 Å². The third-order valence-corrected chi connectivity index (χ3v) is 10.4. The Kier molecular flexibility index (Phi) is 6.22. The molecular formula is C48H29N3O. The van der Waals surface area contributed by atoms with E-state index < -0.39 is 0 Å². The first kappa shape index (κ1) is 28.8. The van der Waals surface area contributed by atoms with E-state index in [1.807, 2.05) is 18.2 Å². The van der Waals surface area contributed by atoms with Crippen molar-refractivity contribution in [3.05, 3.63) is 176 Å². The van der Waals surface area contributed by atoms with Crippen LogP contribution in [0.25, 0.3) is 105 Å². The molecule has 8 aromatic carbocycles. The molecule has 0 saturated carbocycles. The zero-order valence-corrected chi connectivity index (χ0v) is 28.0. The Morgan fingerprint density at radius 1 is 0.423 bits per heavy atom. The molecule has 3 heterocycles. The molecule has 0 saturated heterocycles. The largest absolute Gasteiger partial charge is 0.452 e. The van der Waals surface area contributed by atoms with E-state index in [2.05, 4.69) is 162 Å². The van der Waals surface area contributed by atoms with E-state index in [9.17, 15) is 0 Å². The summed E-state index contributed by atoms with van der Waals surface area (Å²) >= 11 is 0. The van der Waals surface area contributed by atoms with Gasteiger partial charge in [0.25, 0.3) is 0 Å². The number of fused-ring (bicyclic) bond motifs is 10. The second-order valence-electron chi connectivity index (χ2n) is 13.3. The highest BCUT2D eigenvalue weighted by Crippen LogP contribution is 2.43. The molecule has 4 heteroatoms. The maximum atomic E-state index is 6.82. The van der Waals surface area contributed by atoms with Crippen LogP contribution in [0.5, 0.6) is 0 Å². The summed E-state index contributed by atoms with van der Waals surface area (Å²) in [4.78, 5) is 10.8. The van der Waals surface area contributed by atoms with Crippen molar-refractivity contribution >= 4 is 65.4 Å². The molecule has 0 aliphatic heterocycles. The summed E-state index contributed by atoms with van der Waals surface area (Å²) < 4.78 is 9.06. The van der Waals surface area contributed by atoms with Gasteiger partial charge in [0.2, 0.25) is 5.95 Å². The molecule has 0 bridgehead atoms. The molecule has 11 aromatic rings. The highest BCUT2D eigenvalue weighted by Gasteiger charge is 2.24. The Hall–Kier alpha value is -7.04. The summed E-state index contributed by atoms with van der Waals surface area (Å²) in [5.74, 6) is 0.605. The number of rotatable bonds is 4. The Balaban J connectivity index is 1.29. The van der Waals surface area contributed by atoms with Crippen LogP contribution in [0.1, 0.15) is 0 Å². The lowest BCUT2D eigenvalue weighted by Gasteiger charge is -2.11. The Bertz CT molecular complexity index is 3070. The van der Waals surface area contributed by atoms with Crippen LogP contribution in [-0.2, 0) is 0 Å².